The summed E-state index contributed by atoms with van der Waals surface area (Å²) >= 11 is 0. The van der Waals surface area contributed by atoms with Gasteiger partial charge in [0.05, 0.1) is 16.3 Å². The first-order valence-corrected chi connectivity index (χ1v) is 6.86. The fourth-order valence-electron chi connectivity index (χ4n) is 2.13. The van der Waals surface area contributed by atoms with Gasteiger partial charge in [0.25, 0.3) is 11.6 Å². The third-order valence-electron chi connectivity index (χ3n) is 3.34. The van der Waals surface area contributed by atoms with E-state index in [2.05, 4.69) is 10.3 Å². The summed E-state index contributed by atoms with van der Waals surface area (Å²) in [6.07, 6.45) is 1.15. The summed E-state index contributed by atoms with van der Waals surface area (Å²) in [7, 11) is 0. The summed E-state index contributed by atoms with van der Waals surface area (Å²) < 4.78 is 10.8. The van der Waals surface area contributed by atoms with E-state index in [1.165, 1.54) is 6.07 Å². The fourth-order valence-corrected chi connectivity index (χ4v) is 2.13. The smallest absolute Gasteiger partial charge is 0.289 e. The molecule has 118 valence electrons. The van der Waals surface area contributed by atoms with Crippen molar-refractivity contribution in [2.45, 2.75) is 6.92 Å². The standard InChI is InChI=1S/C15H13N3O5/c1-9-12(7-11(8-16-9)18(20)21)17-15(19)10-2-3-13-14(6-10)23-5-4-22-13/h2-3,6-8H,4-5H2,1H3,(H,17,19). The van der Waals surface area contributed by atoms with Crippen molar-refractivity contribution in [3.05, 3.63) is 51.8 Å². The second-order valence-corrected chi connectivity index (χ2v) is 4.90. The van der Waals surface area contributed by atoms with Gasteiger partial charge in [0.1, 0.15) is 19.4 Å². The molecular formula is C15H13N3O5. The molecule has 1 aromatic carbocycles. The zero-order valence-corrected chi connectivity index (χ0v) is 12.2. The zero-order valence-electron chi connectivity index (χ0n) is 12.2. The Balaban J connectivity index is 1.84. The molecule has 1 amide bonds. The number of nitro groups is 1. The average Bonchev–Trinajstić information content (AvgIpc) is 2.56. The van der Waals surface area contributed by atoms with Crippen molar-refractivity contribution in [2.24, 2.45) is 0 Å². The minimum Gasteiger partial charge on any atom is -0.486 e. The molecule has 1 N–H and O–H groups in total. The molecule has 0 spiro atoms. The van der Waals surface area contributed by atoms with Gasteiger partial charge in [-0.25, -0.2) is 0 Å². The second kappa shape index (κ2) is 5.91. The van der Waals surface area contributed by atoms with E-state index in [0.29, 0.717) is 41.7 Å². The topological polar surface area (TPSA) is 104 Å². The number of rotatable bonds is 3. The highest BCUT2D eigenvalue weighted by molar-refractivity contribution is 6.05. The van der Waals surface area contributed by atoms with Gasteiger partial charge in [-0.2, -0.15) is 0 Å². The van der Waals surface area contributed by atoms with Crippen LogP contribution in [0.15, 0.2) is 30.5 Å². The molecule has 1 aromatic heterocycles. The minimum absolute atomic E-state index is 0.187. The summed E-state index contributed by atoms with van der Waals surface area (Å²) in [5.74, 6) is 0.672. The lowest BCUT2D eigenvalue weighted by Crippen LogP contribution is -2.17. The van der Waals surface area contributed by atoms with E-state index in [4.69, 9.17) is 9.47 Å². The Labute approximate surface area is 131 Å². The monoisotopic (exact) mass is 315 g/mol. The quantitative estimate of drug-likeness (QED) is 0.688. The SMILES string of the molecule is Cc1ncc([N+](=O)[O-])cc1NC(=O)c1ccc2c(c1)OCCO2. The maximum absolute atomic E-state index is 12.3. The third kappa shape index (κ3) is 3.05. The van der Waals surface area contributed by atoms with Crippen LogP contribution < -0.4 is 14.8 Å². The van der Waals surface area contributed by atoms with E-state index in [-0.39, 0.29) is 5.69 Å². The summed E-state index contributed by atoms with van der Waals surface area (Å²) in [5.41, 5.74) is 0.953. The zero-order chi connectivity index (χ0) is 16.4. The maximum atomic E-state index is 12.3. The van der Waals surface area contributed by atoms with Crippen molar-refractivity contribution in [3.63, 3.8) is 0 Å². The predicted octanol–water partition coefficient (Wildman–Crippen LogP) is 2.32. The molecule has 8 heteroatoms. The van der Waals surface area contributed by atoms with Crippen LogP contribution in [0.4, 0.5) is 11.4 Å². The van der Waals surface area contributed by atoms with Gasteiger partial charge in [-0.15, -0.1) is 0 Å². The number of ether oxygens (including phenoxy) is 2. The molecule has 0 bridgehead atoms. The molecule has 0 unspecified atom stereocenters. The summed E-state index contributed by atoms with van der Waals surface area (Å²) in [6, 6.07) is 6.10. The highest BCUT2D eigenvalue weighted by Crippen LogP contribution is 2.31. The number of aromatic nitrogens is 1. The molecule has 1 aliphatic rings. The number of hydrogen-bond acceptors (Lipinski definition) is 6. The predicted molar refractivity (Wildman–Crippen MR) is 81.0 cm³/mol. The Morgan fingerprint density at radius 1 is 1.26 bits per heavy atom. The van der Waals surface area contributed by atoms with Gasteiger partial charge in [-0.1, -0.05) is 0 Å². The van der Waals surface area contributed by atoms with Gasteiger partial charge >= 0.3 is 0 Å². The molecule has 0 fully saturated rings. The van der Waals surface area contributed by atoms with Crippen molar-refractivity contribution >= 4 is 17.3 Å². The fraction of sp³-hybridized carbons (Fsp3) is 0.200. The van der Waals surface area contributed by atoms with E-state index < -0.39 is 10.8 Å². The molecule has 0 saturated heterocycles. The van der Waals surface area contributed by atoms with Gasteiger partial charge in [-0.3, -0.25) is 19.9 Å². The van der Waals surface area contributed by atoms with E-state index >= 15 is 0 Å². The van der Waals surface area contributed by atoms with E-state index in [1.807, 2.05) is 0 Å². The molecule has 0 atom stereocenters. The number of nitrogens with zero attached hydrogens (tertiary/aromatic N) is 2. The number of carbonyl (C=O) groups is 1. The minimum atomic E-state index is -0.563. The first-order valence-electron chi connectivity index (χ1n) is 6.86. The van der Waals surface area contributed by atoms with Crippen molar-refractivity contribution in [3.8, 4) is 11.5 Å². The molecule has 0 aliphatic carbocycles. The second-order valence-electron chi connectivity index (χ2n) is 4.90. The third-order valence-corrected chi connectivity index (χ3v) is 3.34. The van der Waals surface area contributed by atoms with E-state index in [9.17, 15) is 14.9 Å². The number of benzene rings is 1. The number of amides is 1. The van der Waals surface area contributed by atoms with Crippen LogP contribution in [0.25, 0.3) is 0 Å². The van der Waals surface area contributed by atoms with Crippen LogP contribution in [0.3, 0.4) is 0 Å². The Hall–Kier alpha value is -3.16. The lowest BCUT2D eigenvalue weighted by Gasteiger charge is -2.18. The van der Waals surface area contributed by atoms with Crippen LogP contribution in [0.1, 0.15) is 16.1 Å². The summed E-state index contributed by atoms with van der Waals surface area (Å²) in [4.78, 5) is 26.5. The van der Waals surface area contributed by atoms with Crippen LogP contribution in [-0.4, -0.2) is 29.0 Å². The highest BCUT2D eigenvalue weighted by atomic mass is 16.6. The first kappa shape index (κ1) is 14.8. The van der Waals surface area contributed by atoms with Crippen molar-refractivity contribution in [1.82, 2.24) is 4.98 Å². The van der Waals surface area contributed by atoms with Crippen LogP contribution in [0, 0.1) is 17.0 Å². The maximum Gasteiger partial charge on any atom is 0.289 e. The van der Waals surface area contributed by atoms with Crippen LogP contribution in [0.2, 0.25) is 0 Å². The van der Waals surface area contributed by atoms with Crippen molar-refractivity contribution in [1.29, 1.82) is 0 Å². The van der Waals surface area contributed by atoms with Gasteiger partial charge < -0.3 is 14.8 Å². The van der Waals surface area contributed by atoms with Crippen LogP contribution >= 0.6 is 0 Å². The van der Waals surface area contributed by atoms with Gasteiger partial charge in [0, 0.05) is 11.6 Å². The van der Waals surface area contributed by atoms with Gasteiger partial charge in [0.2, 0.25) is 0 Å². The van der Waals surface area contributed by atoms with E-state index in [0.717, 1.165) is 6.20 Å². The molecule has 0 radical (unpaired) electrons. The molecule has 8 nitrogen and oxygen atoms in total. The lowest BCUT2D eigenvalue weighted by molar-refractivity contribution is -0.385. The number of fused-ring (bicyclic) bond motifs is 1. The molecule has 23 heavy (non-hydrogen) atoms. The summed E-state index contributed by atoms with van der Waals surface area (Å²) in [5, 5.41) is 13.4. The van der Waals surface area contributed by atoms with Crippen LogP contribution in [-0.2, 0) is 0 Å². The number of pyridine rings is 1. The molecular weight excluding hydrogens is 302 g/mol. The average molecular weight is 315 g/mol. The highest BCUT2D eigenvalue weighted by Gasteiger charge is 2.17. The number of hydrogen-bond donors (Lipinski definition) is 1. The van der Waals surface area contributed by atoms with Gasteiger partial charge in [-0.05, 0) is 25.1 Å². The number of aryl methyl sites for hydroxylation is 1. The molecule has 0 saturated carbocycles. The van der Waals surface area contributed by atoms with E-state index in [1.54, 1.807) is 25.1 Å². The number of carbonyl (C=O) groups excluding carboxylic acids is 1. The first-order chi connectivity index (χ1) is 11.0. The molecule has 1 aliphatic heterocycles. The van der Waals surface area contributed by atoms with Crippen molar-refractivity contribution in [2.75, 3.05) is 18.5 Å². The lowest BCUT2D eigenvalue weighted by atomic mass is 10.1. The molecule has 2 heterocycles. The van der Waals surface area contributed by atoms with Crippen molar-refractivity contribution < 1.29 is 19.2 Å². The molecule has 2 aromatic rings. The largest absolute Gasteiger partial charge is 0.486 e. The number of nitrogens with one attached hydrogen (secondary N) is 1. The molecule has 3 rings (SSSR count). The summed E-state index contributed by atoms with van der Waals surface area (Å²) in [6.45, 7) is 2.55. The Morgan fingerprint density at radius 3 is 2.74 bits per heavy atom. The Bertz CT molecular complexity index is 791. The Morgan fingerprint density at radius 2 is 2.00 bits per heavy atom. The normalized spacial score (nSPS) is 12.6. The number of anilines is 1. The van der Waals surface area contributed by atoms with Crippen LogP contribution in [0.5, 0.6) is 11.5 Å². The van der Waals surface area contributed by atoms with Gasteiger partial charge in [0.15, 0.2) is 11.5 Å². The Kier molecular flexibility index (Phi) is 3.80.